The molecular weight excluding hydrogens is 356 g/mol. The standard InChI is InChI=1S/C22H34N2O4/c1-17-9-7-11-19(15-17)27-14-8-12-20(25)24-13-6-5-10-18(24)16-23-21(26)28-22(2,3)4/h7,9,11,15,18H,5-6,8,10,12-14,16H2,1-4H3,(H,23,26). The third kappa shape index (κ3) is 7.79. The molecule has 0 spiro atoms. The van der Waals surface area contributed by atoms with Crippen LogP contribution in [-0.2, 0) is 9.53 Å². The number of nitrogens with one attached hydrogen (secondary N) is 1. The minimum atomic E-state index is -0.524. The van der Waals surface area contributed by atoms with Crippen molar-refractivity contribution in [3.63, 3.8) is 0 Å². The Kier molecular flexibility index (Phi) is 8.15. The molecule has 1 aromatic rings. The monoisotopic (exact) mass is 390 g/mol. The Morgan fingerprint density at radius 3 is 2.75 bits per heavy atom. The van der Waals surface area contributed by atoms with Crippen molar-refractivity contribution in [3.05, 3.63) is 29.8 Å². The van der Waals surface area contributed by atoms with Gasteiger partial charge in [0, 0.05) is 25.6 Å². The number of hydrogen-bond acceptors (Lipinski definition) is 4. The van der Waals surface area contributed by atoms with E-state index >= 15 is 0 Å². The molecule has 1 fully saturated rings. The first-order valence-electron chi connectivity index (χ1n) is 10.2. The van der Waals surface area contributed by atoms with E-state index in [1.165, 1.54) is 0 Å². The summed E-state index contributed by atoms with van der Waals surface area (Å²) in [5.41, 5.74) is 0.630. The van der Waals surface area contributed by atoms with Gasteiger partial charge < -0.3 is 19.7 Å². The van der Waals surface area contributed by atoms with Crippen LogP contribution in [0.15, 0.2) is 24.3 Å². The van der Waals surface area contributed by atoms with Crippen LogP contribution in [0.1, 0.15) is 58.4 Å². The number of rotatable bonds is 7. The molecule has 2 rings (SSSR count). The molecule has 6 nitrogen and oxygen atoms in total. The number of alkyl carbamates (subject to hydrolysis) is 1. The summed E-state index contributed by atoms with van der Waals surface area (Å²) < 4.78 is 11.0. The van der Waals surface area contributed by atoms with Crippen LogP contribution in [0.3, 0.4) is 0 Å². The summed E-state index contributed by atoms with van der Waals surface area (Å²) in [6.07, 6.45) is 3.68. The number of aryl methyl sites for hydroxylation is 1. The van der Waals surface area contributed by atoms with Gasteiger partial charge in [0.05, 0.1) is 6.61 Å². The van der Waals surface area contributed by atoms with Gasteiger partial charge in [-0.2, -0.15) is 0 Å². The van der Waals surface area contributed by atoms with E-state index in [1.54, 1.807) is 0 Å². The van der Waals surface area contributed by atoms with E-state index in [-0.39, 0.29) is 11.9 Å². The van der Waals surface area contributed by atoms with Gasteiger partial charge in [0.2, 0.25) is 5.91 Å². The van der Waals surface area contributed by atoms with Gasteiger partial charge >= 0.3 is 6.09 Å². The van der Waals surface area contributed by atoms with Crippen molar-refractivity contribution in [1.29, 1.82) is 0 Å². The van der Waals surface area contributed by atoms with Crippen LogP contribution < -0.4 is 10.1 Å². The van der Waals surface area contributed by atoms with Crippen molar-refractivity contribution >= 4 is 12.0 Å². The van der Waals surface area contributed by atoms with Gasteiger partial charge in [-0.25, -0.2) is 4.79 Å². The van der Waals surface area contributed by atoms with Gasteiger partial charge in [0.25, 0.3) is 0 Å². The van der Waals surface area contributed by atoms with Crippen molar-refractivity contribution in [2.75, 3.05) is 19.7 Å². The van der Waals surface area contributed by atoms with E-state index in [2.05, 4.69) is 5.32 Å². The molecule has 28 heavy (non-hydrogen) atoms. The molecule has 0 bridgehead atoms. The van der Waals surface area contributed by atoms with Crippen LogP contribution in [0, 0.1) is 6.92 Å². The fourth-order valence-electron chi connectivity index (χ4n) is 3.32. The second-order valence-electron chi connectivity index (χ2n) is 8.39. The van der Waals surface area contributed by atoms with Gasteiger partial charge in [-0.1, -0.05) is 12.1 Å². The van der Waals surface area contributed by atoms with Gasteiger partial charge in [0.15, 0.2) is 0 Å². The number of ether oxygens (including phenoxy) is 2. The summed E-state index contributed by atoms with van der Waals surface area (Å²) in [6, 6.07) is 7.94. The largest absolute Gasteiger partial charge is 0.494 e. The highest BCUT2D eigenvalue weighted by molar-refractivity contribution is 5.76. The van der Waals surface area contributed by atoms with Crippen molar-refractivity contribution in [2.24, 2.45) is 0 Å². The fraction of sp³-hybridized carbons (Fsp3) is 0.636. The van der Waals surface area contributed by atoms with Crippen LogP contribution in [-0.4, -0.2) is 48.2 Å². The van der Waals surface area contributed by atoms with E-state index in [0.717, 1.165) is 37.1 Å². The molecule has 0 saturated carbocycles. The third-order valence-electron chi connectivity index (χ3n) is 4.62. The maximum absolute atomic E-state index is 12.7. The van der Waals surface area contributed by atoms with Crippen LogP contribution in [0.25, 0.3) is 0 Å². The molecule has 1 N–H and O–H groups in total. The SMILES string of the molecule is Cc1cccc(OCCCC(=O)N2CCCCC2CNC(=O)OC(C)(C)C)c1. The summed E-state index contributed by atoms with van der Waals surface area (Å²) in [5, 5.41) is 2.81. The smallest absolute Gasteiger partial charge is 0.407 e. The zero-order chi connectivity index (χ0) is 20.6. The molecule has 2 amide bonds. The Bertz CT molecular complexity index is 654. The van der Waals surface area contributed by atoms with Crippen LogP contribution in [0.4, 0.5) is 4.79 Å². The quantitative estimate of drug-likeness (QED) is 0.713. The summed E-state index contributed by atoms with van der Waals surface area (Å²) in [4.78, 5) is 26.5. The summed E-state index contributed by atoms with van der Waals surface area (Å²) in [6.45, 7) is 9.23. The number of piperidine rings is 1. The van der Waals surface area contributed by atoms with E-state index in [9.17, 15) is 9.59 Å². The lowest BCUT2D eigenvalue weighted by Gasteiger charge is -2.36. The number of carbonyl (C=O) groups is 2. The van der Waals surface area contributed by atoms with E-state index in [1.807, 2.05) is 56.9 Å². The van der Waals surface area contributed by atoms with E-state index < -0.39 is 11.7 Å². The normalized spacial score (nSPS) is 17.1. The first-order valence-corrected chi connectivity index (χ1v) is 10.2. The maximum Gasteiger partial charge on any atom is 0.407 e. The van der Waals surface area contributed by atoms with Gasteiger partial charge in [-0.05, 0) is 71.1 Å². The van der Waals surface area contributed by atoms with Gasteiger partial charge in [0.1, 0.15) is 11.4 Å². The van der Waals surface area contributed by atoms with Crippen LogP contribution in [0.2, 0.25) is 0 Å². The number of likely N-dealkylation sites (tertiary alicyclic amines) is 1. The molecule has 0 aliphatic carbocycles. The molecule has 1 saturated heterocycles. The molecule has 1 atom stereocenters. The Hall–Kier alpha value is -2.24. The average molecular weight is 391 g/mol. The highest BCUT2D eigenvalue weighted by Gasteiger charge is 2.27. The van der Waals surface area contributed by atoms with Crippen molar-refractivity contribution < 1.29 is 19.1 Å². The lowest BCUT2D eigenvalue weighted by atomic mass is 10.0. The van der Waals surface area contributed by atoms with Crippen molar-refractivity contribution in [1.82, 2.24) is 10.2 Å². The molecule has 0 aromatic heterocycles. The molecule has 1 aliphatic heterocycles. The number of carbonyl (C=O) groups excluding carboxylic acids is 2. The minimum absolute atomic E-state index is 0.0338. The highest BCUT2D eigenvalue weighted by Crippen LogP contribution is 2.19. The summed E-state index contributed by atoms with van der Waals surface area (Å²) in [5.74, 6) is 0.966. The van der Waals surface area contributed by atoms with Crippen molar-refractivity contribution in [2.45, 2.75) is 71.4 Å². The summed E-state index contributed by atoms with van der Waals surface area (Å²) >= 11 is 0. The molecule has 1 unspecified atom stereocenters. The second kappa shape index (κ2) is 10.3. The Morgan fingerprint density at radius 2 is 2.04 bits per heavy atom. The number of nitrogens with zero attached hydrogens (tertiary/aromatic N) is 1. The Balaban J connectivity index is 1.75. The predicted molar refractivity (Wildman–Crippen MR) is 109 cm³/mol. The first-order chi connectivity index (χ1) is 13.2. The van der Waals surface area contributed by atoms with E-state index in [0.29, 0.717) is 26.0 Å². The Morgan fingerprint density at radius 1 is 1.25 bits per heavy atom. The third-order valence-corrected chi connectivity index (χ3v) is 4.62. The van der Waals surface area contributed by atoms with Crippen LogP contribution >= 0.6 is 0 Å². The number of amides is 2. The fourth-order valence-corrected chi connectivity index (χ4v) is 3.32. The molecular formula is C22H34N2O4. The Labute approximate surface area is 168 Å². The average Bonchev–Trinajstić information content (AvgIpc) is 2.62. The minimum Gasteiger partial charge on any atom is -0.494 e. The molecule has 1 aromatic carbocycles. The topological polar surface area (TPSA) is 67.9 Å². The number of benzene rings is 1. The maximum atomic E-state index is 12.7. The molecule has 6 heteroatoms. The molecule has 156 valence electrons. The predicted octanol–water partition coefficient (Wildman–Crippen LogP) is 4.06. The summed E-state index contributed by atoms with van der Waals surface area (Å²) in [7, 11) is 0. The molecule has 1 aliphatic rings. The lowest BCUT2D eigenvalue weighted by Crippen LogP contribution is -2.50. The van der Waals surface area contributed by atoms with Crippen LogP contribution in [0.5, 0.6) is 5.75 Å². The number of hydrogen-bond donors (Lipinski definition) is 1. The second-order valence-corrected chi connectivity index (χ2v) is 8.39. The van der Waals surface area contributed by atoms with E-state index in [4.69, 9.17) is 9.47 Å². The highest BCUT2D eigenvalue weighted by atomic mass is 16.6. The molecule has 0 radical (unpaired) electrons. The van der Waals surface area contributed by atoms with Crippen molar-refractivity contribution in [3.8, 4) is 5.75 Å². The van der Waals surface area contributed by atoms with Gasteiger partial charge in [-0.15, -0.1) is 0 Å². The zero-order valence-electron chi connectivity index (χ0n) is 17.6. The first kappa shape index (κ1) is 22.1. The zero-order valence-corrected chi connectivity index (χ0v) is 17.6. The van der Waals surface area contributed by atoms with Gasteiger partial charge in [-0.3, -0.25) is 4.79 Å². The lowest BCUT2D eigenvalue weighted by molar-refractivity contribution is -0.135. The molecule has 1 heterocycles.